The first-order valence-electron chi connectivity index (χ1n) is 6.99. The zero-order valence-corrected chi connectivity index (χ0v) is 12.1. The summed E-state index contributed by atoms with van der Waals surface area (Å²) in [5.74, 6) is 0.0303. The van der Waals surface area contributed by atoms with Gasteiger partial charge in [0.05, 0.1) is 6.04 Å². The normalized spacial score (nSPS) is 12.4. The second kappa shape index (κ2) is 7.79. The second-order valence-corrected chi connectivity index (χ2v) is 4.77. The van der Waals surface area contributed by atoms with E-state index in [9.17, 15) is 4.79 Å². The maximum absolute atomic E-state index is 12.2. The molecule has 0 aromatic heterocycles. The number of amides is 1. The lowest BCUT2D eigenvalue weighted by atomic mass is 10.2. The van der Waals surface area contributed by atoms with E-state index in [1.54, 1.807) is 12.1 Å². The average molecular weight is 263 g/mol. The van der Waals surface area contributed by atoms with E-state index in [4.69, 9.17) is 5.73 Å². The summed E-state index contributed by atoms with van der Waals surface area (Å²) < 4.78 is 0. The third-order valence-corrected chi connectivity index (χ3v) is 3.31. The number of nitrogens with zero attached hydrogens (tertiary/aromatic N) is 1. The SMILES string of the molecule is CCCCN(CC)C(C)C(=O)Nc1ccc(N)cc1. The van der Waals surface area contributed by atoms with Crippen LogP contribution in [0.25, 0.3) is 0 Å². The molecule has 0 fully saturated rings. The summed E-state index contributed by atoms with van der Waals surface area (Å²) in [7, 11) is 0. The number of hydrogen-bond acceptors (Lipinski definition) is 3. The van der Waals surface area contributed by atoms with Crippen LogP contribution in [0.2, 0.25) is 0 Å². The monoisotopic (exact) mass is 263 g/mol. The van der Waals surface area contributed by atoms with Crippen LogP contribution in [0.4, 0.5) is 11.4 Å². The summed E-state index contributed by atoms with van der Waals surface area (Å²) in [5.41, 5.74) is 7.11. The molecule has 106 valence electrons. The van der Waals surface area contributed by atoms with E-state index in [1.807, 2.05) is 19.1 Å². The van der Waals surface area contributed by atoms with Gasteiger partial charge in [0.1, 0.15) is 0 Å². The molecule has 0 saturated heterocycles. The molecule has 19 heavy (non-hydrogen) atoms. The number of hydrogen-bond donors (Lipinski definition) is 2. The van der Waals surface area contributed by atoms with Gasteiger partial charge in [-0.15, -0.1) is 0 Å². The topological polar surface area (TPSA) is 58.4 Å². The summed E-state index contributed by atoms with van der Waals surface area (Å²) in [6, 6.07) is 7.10. The second-order valence-electron chi connectivity index (χ2n) is 4.77. The van der Waals surface area contributed by atoms with Gasteiger partial charge in [-0.3, -0.25) is 9.69 Å². The molecule has 1 atom stereocenters. The zero-order chi connectivity index (χ0) is 14.3. The van der Waals surface area contributed by atoms with E-state index in [1.165, 1.54) is 0 Å². The molecule has 4 nitrogen and oxygen atoms in total. The molecule has 1 aromatic carbocycles. The van der Waals surface area contributed by atoms with Crippen molar-refractivity contribution in [2.24, 2.45) is 0 Å². The summed E-state index contributed by atoms with van der Waals surface area (Å²) in [5, 5.41) is 2.92. The highest BCUT2D eigenvalue weighted by atomic mass is 16.2. The van der Waals surface area contributed by atoms with Crippen LogP contribution in [0.3, 0.4) is 0 Å². The lowest BCUT2D eigenvalue weighted by molar-refractivity contribution is -0.120. The number of anilines is 2. The Balaban J connectivity index is 2.57. The molecule has 0 radical (unpaired) electrons. The summed E-state index contributed by atoms with van der Waals surface area (Å²) in [6.45, 7) is 8.04. The standard InChI is InChI=1S/C15H25N3O/c1-4-6-11-18(5-2)12(3)15(19)17-14-9-7-13(16)8-10-14/h7-10,12H,4-6,11,16H2,1-3H3,(H,17,19). The van der Waals surface area contributed by atoms with Crippen molar-refractivity contribution >= 4 is 17.3 Å². The highest BCUT2D eigenvalue weighted by Gasteiger charge is 2.19. The fourth-order valence-corrected chi connectivity index (χ4v) is 1.97. The number of carbonyl (C=O) groups is 1. The van der Waals surface area contributed by atoms with Crippen molar-refractivity contribution in [1.29, 1.82) is 0 Å². The minimum atomic E-state index is -0.117. The highest BCUT2D eigenvalue weighted by molar-refractivity contribution is 5.94. The maximum Gasteiger partial charge on any atom is 0.241 e. The molecular weight excluding hydrogens is 238 g/mol. The van der Waals surface area contributed by atoms with Crippen molar-refractivity contribution in [3.8, 4) is 0 Å². The molecule has 0 heterocycles. The smallest absolute Gasteiger partial charge is 0.241 e. The fraction of sp³-hybridized carbons (Fsp3) is 0.533. The molecule has 1 unspecified atom stereocenters. The van der Waals surface area contributed by atoms with Gasteiger partial charge in [-0.25, -0.2) is 0 Å². The van der Waals surface area contributed by atoms with Crippen molar-refractivity contribution in [3.05, 3.63) is 24.3 Å². The molecule has 0 saturated carbocycles. The van der Waals surface area contributed by atoms with Gasteiger partial charge in [0.2, 0.25) is 5.91 Å². The lowest BCUT2D eigenvalue weighted by Gasteiger charge is -2.26. The number of benzene rings is 1. The van der Waals surface area contributed by atoms with Gasteiger partial charge >= 0.3 is 0 Å². The molecule has 0 spiro atoms. The van der Waals surface area contributed by atoms with Crippen LogP contribution < -0.4 is 11.1 Å². The van der Waals surface area contributed by atoms with E-state index in [2.05, 4.69) is 24.1 Å². The van der Waals surface area contributed by atoms with Crippen molar-refractivity contribution in [2.45, 2.75) is 39.7 Å². The highest BCUT2D eigenvalue weighted by Crippen LogP contribution is 2.12. The van der Waals surface area contributed by atoms with Gasteiger partial charge in [-0.1, -0.05) is 20.3 Å². The number of likely N-dealkylation sites (N-methyl/N-ethyl adjacent to an activating group) is 1. The van der Waals surface area contributed by atoms with Gasteiger partial charge in [-0.05, 0) is 50.7 Å². The first-order valence-corrected chi connectivity index (χ1v) is 6.99. The Hall–Kier alpha value is -1.55. The van der Waals surface area contributed by atoms with Crippen LogP contribution in [0.1, 0.15) is 33.6 Å². The van der Waals surface area contributed by atoms with E-state index >= 15 is 0 Å². The number of unbranched alkanes of at least 4 members (excludes halogenated alkanes) is 1. The van der Waals surface area contributed by atoms with Crippen molar-refractivity contribution < 1.29 is 4.79 Å². The predicted molar refractivity (Wildman–Crippen MR) is 81.1 cm³/mol. The molecular formula is C15H25N3O. The Morgan fingerprint density at radius 1 is 1.32 bits per heavy atom. The molecule has 0 aliphatic carbocycles. The minimum absolute atomic E-state index is 0.0303. The minimum Gasteiger partial charge on any atom is -0.399 e. The number of rotatable bonds is 7. The van der Waals surface area contributed by atoms with Crippen LogP contribution in [0, 0.1) is 0 Å². The first kappa shape index (κ1) is 15.5. The number of nitrogens with two attached hydrogens (primary N) is 1. The molecule has 1 amide bonds. The van der Waals surface area contributed by atoms with Crippen molar-refractivity contribution in [2.75, 3.05) is 24.1 Å². The Labute approximate surface area is 116 Å². The quantitative estimate of drug-likeness (QED) is 0.744. The molecule has 3 N–H and O–H groups in total. The molecule has 1 aromatic rings. The van der Waals surface area contributed by atoms with Gasteiger partial charge in [-0.2, -0.15) is 0 Å². The van der Waals surface area contributed by atoms with Crippen molar-refractivity contribution in [3.63, 3.8) is 0 Å². The number of nitrogens with one attached hydrogen (secondary N) is 1. The van der Waals surface area contributed by atoms with Crippen LogP contribution in [0.15, 0.2) is 24.3 Å². The van der Waals surface area contributed by atoms with Gasteiger partial charge in [0, 0.05) is 11.4 Å². The summed E-state index contributed by atoms with van der Waals surface area (Å²) in [4.78, 5) is 14.4. The molecule has 1 rings (SSSR count). The van der Waals surface area contributed by atoms with Gasteiger partial charge in [0.15, 0.2) is 0 Å². The number of carbonyl (C=O) groups excluding carboxylic acids is 1. The fourth-order valence-electron chi connectivity index (χ4n) is 1.97. The lowest BCUT2D eigenvalue weighted by Crippen LogP contribution is -2.42. The number of nitrogen functional groups attached to an aromatic ring is 1. The first-order chi connectivity index (χ1) is 9.08. The van der Waals surface area contributed by atoms with Crippen LogP contribution in [-0.2, 0) is 4.79 Å². The van der Waals surface area contributed by atoms with E-state index in [0.29, 0.717) is 5.69 Å². The molecule has 0 aliphatic rings. The third kappa shape index (κ3) is 4.91. The van der Waals surface area contributed by atoms with Gasteiger partial charge in [0.25, 0.3) is 0 Å². The van der Waals surface area contributed by atoms with E-state index < -0.39 is 0 Å². The van der Waals surface area contributed by atoms with E-state index in [0.717, 1.165) is 31.6 Å². The maximum atomic E-state index is 12.2. The Morgan fingerprint density at radius 3 is 2.47 bits per heavy atom. The Morgan fingerprint density at radius 2 is 1.95 bits per heavy atom. The predicted octanol–water partition coefficient (Wildman–Crippen LogP) is 2.72. The summed E-state index contributed by atoms with van der Waals surface area (Å²) in [6.07, 6.45) is 2.26. The average Bonchev–Trinajstić information content (AvgIpc) is 2.42. The van der Waals surface area contributed by atoms with E-state index in [-0.39, 0.29) is 11.9 Å². The molecule has 4 heteroatoms. The zero-order valence-electron chi connectivity index (χ0n) is 12.1. The Bertz CT molecular complexity index is 389. The largest absolute Gasteiger partial charge is 0.399 e. The molecule has 0 aliphatic heterocycles. The van der Waals surface area contributed by atoms with Crippen LogP contribution >= 0.6 is 0 Å². The Kier molecular flexibility index (Phi) is 6.36. The van der Waals surface area contributed by atoms with Crippen LogP contribution in [-0.4, -0.2) is 29.9 Å². The molecule has 0 bridgehead atoms. The van der Waals surface area contributed by atoms with Crippen molar-refractivity contribution in [1.82, 2.24) is 4.90 Å². The third-order valence-electron chi connectivity index (χ3n) is 3.31. The summed E-state index contributed by atoms with van der Waals surface area (Å²) >= 11 is 0. The van der Waals surface area contributed by atoms with Gasteiger partial charge < -0.3 is 11.1 Å². The van der Waals surface area contributed by atoms with Crippen LogP contribution in [0.5, 0.6) is 0 Å².